The molecule has 0 aliphatic carbocycles. The Morgan fingerprint density at radius 1 is 1.20 bits per heavy atom. The van der Waals surface area contributed by atoms with Crippen LogP contribution < -0.4 is 4.74 Å². The lowest BCUT2D eigenvalue weighted by Crippen LogP contribution is -2.11. The van der Waals surface area contributed by atoms with E-state index in [2.05, 4.69) is 0 Å². The standard InChI is InChI=1S/C10H11BF3O/c1-15-10-6-4-9(5-7-10)3-2-8-11(12,13)14/h2-7H,8H2,1H3/q-1/b3-2+. The highest BCUT2D eigenvalue weighted by molar-refractivity contribution is 6.59. The van der Waals surface area contributed by atoms with Gasteiger partial charge in [-0.3, -0.25) is 0 Å². The van der Waals surface area contributed by atoms with Gasteiger partial charge in [0.1, 0.15) is 5.75 Å². The van der Waals surface area contributed by atoms with E-state index in [-0.39, 0.29) is 0 Å². The second-order valence-electron chi connectivity index (χ2n) is 3.12. The largest absolute Gasteiger partial charge is 0.497 e. The van der Waals surface area contributed by atoms with Crippen LogP contribution in [0.2, 0.25) is 6.32 Å². The van der Waals surface area contributed by atoms with Gasteiger partial charge in [-0.15, -0.1) is 6.08 Å². The summed E-state index contributed by atoms with van der Waals surface area (Å²) in [6.45, 7) is -4.72. The van der Waals surface area contributed by atoms with E-state index in [1.807, 2.05) is 0 Å². The van der Waals surface area contributed by atoms with E-state index >= 15 is 0 Å². The monoisotopic (exact) mass is 215 g/mol. The predicted molar refractivity (Wildman–Crippen MR) is 55.9 cm³/mol. The summed E-state index contributed by atoms with van der Waals surface area (Å²) < 4.78 is 40.5. The number of hydrogen-bond acceptors (Lipinski definition) is 1. The molecule has 1 rings (SSSR count). The Balaban J connectivity index is 2.57. The highest BCUT2D eigenvalue weighted by atomic mass is 19.4. The van der Waals surface area contributed by atoms with Gasteiger partial charge in [0.05, 0.1) is 7.11 Å². The van der Waals surface area contributed by atoms with Gasteiger partial charge >= 0.3 is 6.98 Å². The van der Waals surface area contributed by atoms with E-state index in [9.17, 15) is 12.9 Å². The Hall–Kier alpha value is -1.39. The van der Waals surface area contributed by atoms with Crippen LogP contribution in [0, 0.1) is 0 Å². The van der Waals surface area contributed by atoms with Crippen molar-refractivity contribution in [3.8, 4) is 5.75 Å². The Morgan fingerprint density at radius 3 is 2.27 bits per heavy atom. The van der Waals surface area contributed by atoms with Crippen LogP contribution in [0.25, 0.3) is 6.08 Å². The van der Waals surface area contributed by atoms with E-state index < -0.39 is 13.3 Å². The van der Waals surface area contributed by atoms with E-state index in [4.69, 9.17) is 4.74 Å². The number of methoxy groups -OCH3 is 1. The zero-order valence-corrected chi connectivity index (χ0v) is 8.29. The number of hydrogen-bond donors (Lipinski definition) is 0. The van der Waals surface area contributed by atoms with Crippen molar-refractivity contribution in [1.29, 1.82) is 0 Å². The van der Waals surface area contributed by atoms with Gasteiger partial charge in [-0.05, 0) is 17.7 Å². The summed E-state index contributed by atoms with van der Waals surface area (Å²) in [4.78, 5) is 0. The molecule has 15 heavy (non-hydrogen) atoms. The first-order chi connectivity index (χ1) is 7.01. The van der Waals surface area contributed by atoms with Crippen LogP contribution >= 0.6 is 0 Å². The van der Waals surface area contributed by atoms with E-state index in [1.165, 1.54) is 13.2 Å². The Kier molecular flexibility index (Phi) is 3.83. The third-order valence-electron chi connectivity index (χ3n) is 1.83. The number of benzene rings is 1. The van der Waals surface area contributed by atoms with E-state index in [0.29, 0.717) is 5.75 Å². The summed E-state index contributed by atoms with van der Waals surface area (Å²) >= 11 is 0. The van der Waals surface area contributed by atoms with Crippen LogP contribution in [-0.2, 0) is 0 Å². The molecule has 0 aromatic heterocycles. The molecule has 0 fully saturated rings. The fourth-order valence-corrected chi connectivity index (χ4v) is 1.07. The van der Waals surface area contributed by atoms with Crippen LogP contribution in [-0.4, -0.2) is 14.1 Å². The first kappa shape index (κ1) is 11.7. The fraction of sp³-hybridized carbons (Fsp3) is 0.200. The lowest BCUT2D eigenvalue weighted by molar-refractivity contribution is 0.415. The van der Waals surface area contributed by atoms with Crippen LogP contribution in [0.5, 0.6) is 5.75 Å². The summed E-state index contributed by atoms with van der Waals surface area (Å²) in [5.74, 6) is 0.687. The fourth-order valence-electron chi connectivity index (χ4n) is 1.07. The maximum absolute atomic E-state index is 11.9. The molecule has 1 aromatic rings. The second-order valence-corrected chi connectivity index (χ2v) is 3.12. The van der Waals surface area contributed by atoms with Crippen LogP contribution in [0.3, 0.4) is 0 Å². The number of rotatable bonds is 4. The minimum absolute atomic E-state index is 0.687. The molecule has 0 aliphatic heterocycles. The maximum atomic E-state index is 11.9. The van der Waals surface area contributed by atoms with Crippen molar-refractivity contribution in [1.82, 2.24) is 0 Å². The number of ether oxygens (including phenoxy) is 1. The second kappa shape index (κ2) is 4.91. The average Bonchev–Trinajstić information content (AvgIpc) is 2.17. The summed E-state index contributed by atoms with van der Waals surface area (Å²) in [7, 11) is 1.54. The van der Waals surface area contributed by atoms with Crippen molar-refractivity contribution < 1.29 is 17.7 Å². The number of halogens is 3. The van der Waals surface area contributed by atoms with Crippen molar-refractivity contribution in [2.75, 3.05) is 7.11 Å². The van der Waals surface area contributed by atoms with Gasteiger partial charge in [0, 0.05) is 0 Å². The third-order valence-corrected chi connectivity index (χ3v) is 1.83. The van der Waals surface area contributed by atoms with E-state index in [0.717, 1.165) is 11.6 Å². The Labute approximate surface area is 86.6 Å². The van der Waals surface area contributed by atoms with Gasteiger partial charge in [0.15, 0.2) is 0 Å². The highest BCUT2D eigenvalue weighted by Crippen LogP contribution is 2.17. The zero-order valence-electron chi connectivity index (χ0n) is 8.29. The SMILES string of the molecule is COc1ccc(/C=C/C[B-](F)(F)F)cc1. The molecule has 0 radical (unpaired) electrons. The molecule has 0 bridgehead atoms. The van der Waals surface area contributed by atoms with Crippen molar-refractivity contribution >= 4 is 13.1 Å². The zero-order chi connectivity index (χ0) is 11.3. The molecule has 0 N–H and O–H groups in total. The highest BCUT2D eigenvalue weighted by Gasteiger charge is 2.19. The molecule has 0 amide bonds. The molecular weight excluding hydrogens is 204 g/mol. The molecule has 0 spiro atoms. The molecule has 0 atom stereocenters. The average molecular weight is 215 g/mol. The lowest BCUT2D eigenvalue weighted by atomic mass is 9.86. The first-order valence-corrected chi connectivity index (χ1v) is 4.53. The Morgan fingerprint density at radius 2 is 1.80 bits per heavy atom. The van der Waals surface area contributed by atoms with Gasteiger partial charge in [-0.1, -0.05) is 24.5 Å². The normalized spacial score (nSPS) is 12.0. The van der Waals surface area contributed by atoms with Crippen LogP contribution in [0.15, 0.2) is 30.3 Å². The van der Waals surface area contributed by atoms with Crippen LogP contribution in [0.1, 0.15) is 5.56 Å². The van der Waals surface area contributed by atoms with Crippen molar-refractivity contribution in [3.63, 3.8) is 0 Å². The molecule has 5 heteroatoms. The summed E-state index contributed by atoms with van der Waals surface area (Å²) in [6.07, 6.45) is 1.74. The summed E-state index contributed by atoms with van der Waals surface area (Å²) in [5.41, 5.74) is 0.732. The molecule has 82 valence electrons. The van der Waals surface area contributed by atoms with Gasteiger partial charge in [-0.25, -0.2) is 0 Å². The topological polar surface area (TPSA) is 9.23 Å². The smallest absolute Gasteiger partial charge is 0.482 e. The molecule has 1 nitrogen and oxygen atoms in total. The molecule has 1 aromatic carbocycles. The van der Waals surface area contributed by atoms with Crippen molar-refractivity contribution in [2.24, 2.45) is 0 Å². The first-order valence-electron chi connectivity index (χ1n) is 4.53. The van der Waals surface area contributed by atoms with Crippen molar-refractivity contribution in [2.45, 2.75) is 6.32 Å². The molecule has 0 saturated carbocycles. The molecule has 0 heterocycles. The molecular formula is C10H11BF3O-. The molecule has 0 saturated heterocycles. The van der Waals surface area contributed by atoms with Gasteiger partial charge < -0.3 is 17.7 Å². The summed E-state index contributed by atoms with van der Waals surface area (Å²) in [5, 5.41) is 0. The maximum Gasteiger partial charge on any atom is 0.482 e. The quantitative estimate of drug-likeness (QED) is 0.697. The Bertz CT molecular complexity index is 330. The van der Waals surface area contributed by atoms with Gasteiger partial charge in [0.25, 0.3) is 0 Å². The molecule has 0 aliphatic rings. The number of allylic oxidation sites excluding steroid dienone is 1. The lowest BCUT2D eigenvalue weighted by Gasteiger charge is -2.08. The minimum atomic E-state index is -4.72. The van der Waals surface area contributed by atoms with Gasteiger partial charge in [-0.2, -0.15) is 0 Å². The molecule has 0 unspecified atom stereocenters. The van der Waals surface area contributed by atoms with Crippen LogP contribution in [0.4, 0.5) is 12.9 Å². The van der Waals surface area contributed by atoms with E-state index in [1.54, 1.807) is 24.3 Å². The summed E-state index contributed by atoms with van der Waals surface area (Å²) in [6, 6.07) is 6.83. The van der Waals surface area contributed by atoms with Crippen molar-refractivity contribution in [3.05, 3.63) is 35.9 Å². The minimum Gasteiger partial charge on any atom is -0.497 e. The predicted octanol–water partition coefficient (Wildman–Crippen LogP) is 3.56. The van der Waals surface area contributed by atoms with Gasteiger partial charge in [0.2, 0.25) is 0 Å². The third kappa shape index (κ3) is 4.58.